The number of carbonyl (C=O) groups excluding carboxylic acids is 2. The van der Waals surface area contributed by atoms with Crippen LogP contribution >= 0.6 is 0 Å². The third-order valence-electron chi connectivity index (χ3n) is 4.78. The number of aromatic nitrogens is 2. The number of amides is 2. The van der Waals surface area contributed by atoms with Crippen molar-refractivity contribution in [2.24, 2.45) is 5.92 Å². The summed E-state index contributed by atoms with van der Waals surface area (Å²) in [5.41, 5.74) is 2.98. The second-order valence-electron chi connectivity index (χ2n) is 6.70. The first-order chi connectivity index (χ1) is 12.1. The highest BCUT2D eigenvalue weighted by atomic mass is 16.5. The van der Waals surface area contributed by atoms with E-state index in [1.54, 1.807) is 12.1 Å². The van der Waals surface area contributed by atoms with Crippen LogP contribution in [0.4, 0.5) is 5.69 Å². The fourth-order valence-corrected chi connectivity index (χ4v) is 3.36. The second-order valence-corrected chi connectivity index (χ2v) is 6.70. The van der Waals surface area contributed by atoms with E-state index in [0.717, 1.165) is 30.5 Å². The number of anilines is 1. The van der Waals surface area contributed by atoms with Crippen molar-refractivity contribution in [3.63, 3.8) is 0 Å². The summed E-state index contributed by atoms with van der Waals surface area (Å²) in [4.78, 5) is 25.0. The molecule has 7 heteroatoms. The Bertz CT molecular complexity index is 829. The average molecular weight is 340 g/mol. The van der Waals surface area contributed by atoms with Gasteiger partial charge < -0.3 is 15.4 Å². The van der Waals surface area contributed by atoms with Crippen molar-refractivity contribution in [1.29, 1.82) is 0 Å². The van der Waals surface area contributed by atoms with Crippen LogP contribution in [0.3, 0.4) is 0 Å². The van der Waals surface area contributed by atoms with E-state index in [1.165, 1.54) is 0 Å². The zero-order valence-electron chi connectivity index (χ0n) is 14.0. The van der Waals surface area contributed by atoms with Gasteiger partial charge in [-0.05, 0) is 37.3 Å². The lowest BCUT2D eigenvalue weighted by Gasteiger charge is -2.19. The third kappa shape index (κ3) is 2.97. The minimum Gasteiger partial charge on any atom is -0.489 e. The molecule has 0 saturated carbocycles. The van der Waals surface area contributed by atoms with E-state index in [-0.39, 0.29) is 18.4 Å². The van der Waals surface area contributed by atoms with Gasteiger partial charge >= 0.3 is 0 Å². The molecule has 0 fully saturated rings. The molecule has 1 aromatic heterocycles. The first-order valence-corrected chi connectivity index (χ1v) is 8.51. The lowest BCUT2D eigenvalue weighted by Crippen LogP contribution is -2.46. The number of H-pyrrole nitrogens is 1. The van der Waals surface area contributed by atoms with E-state index in [4.69, 9.17) is 4.74 Å². The molecule has 0 saturated heterocycles. The molecule has 1 unspecified atom stereocenters. The van der Waals surface area contributed by atoms with E-state index in [2.05, 4.69) is 27.8 Å². The van der Waals surface area contributed by atoms with Crippen LogP contribution in [0.5, 0.6) is 5.75 Å². The van der Waals surface area contributed by atoms with Gasteiger partial charge in [0.05, 0.1) is 5.69 Å². The first-order valence-electron chi connectivity index (χ1n) is 8.51. The summed E-state index contributed by atoms with van der Waals surface area (Å²) in [6.45, 7) is 2.25. The van der Waals surface area contributed by atoms with Gasteiger partial charge in [0.15, 0.2) is 5.69 Å². The maximum Gasteiger partial charge on any atom is 0.272 e. The van der Waals surface area contributed by atoms with Crippen molar-refractivity contribution in [3.05, 3.63) is 41.2 Å². The number of carbonyl (C=O) groups is 2. The molecular weight excluding hydrogens is 320 g/mol. The lowest BCUT2D eigenvalue weighted by molar-refractivity contribution is -0.118. The van der Waals surface area contributed by atoms with E-state index in [1.807, 2.05) is 12.1 Å². The highest BCUT2D eigenvalue weighted by molar-refractivity contribution is 6.02. The summed E-state index contributed by atoms with van der Waals surface area (Å²) in [6, 6.07) is 6.43. The van der Waals surface area contributed by atoms with Gasteiger partial charge in [-0.25, -0.2) is 0 Å². The Hall–Kier alpha value is -2.83. The summed E-state index contributed by atoms with van der Waals surface area (Å²) < 4.78 is 5.65. The fraction of sp³-hybridized carbons (Fsp3) is 0.389. The molecule has 1 aromatic carbocycles. The van der Waals surface area contributed by atoms with E-state index in [9.17, 15) is 9.59 Å². The Morgan fingerprint density at radius 1 is 1.36 bits per heavy atom. The largest absolute Gasteiger partial charge is 0.489 e. The van der Waals surface area contributed by atoms with Gasteiger partial charge in [0.25, 0.3) is 11.8 Å². The van der Waals surface area contributed by atoms with Crippen LogP contribution in [0.25, 0.3) is 0 Å². The molecule has 2 atom stereocenters. The minimum atomic E-state index is -0.770. The molecular formula is C18H20N4O3. The highest BCUT2D eigenvalue weighted by Crippen LogP contribution is 2.27. The van der Waals surface area contributed by atoms with Crippen molar-refractivity contribution >= 4 is 17.5 Å². The maximum atomic E-state index is 12.7. The van der Waals surface area contributed by atoms with Crippen LogP contribution in [0.1, 0.15) is 35.1 Å². The number of nitrogens with one attached hydrogen (secondary N) is 3. The van der Waals surface area contributed by atoms with Crippen LogP contribution in [0.2, 0.25) is 0 Å². The number of hydrogen-bond donors (Lipinski definition) is 3. The molecule has 0 spiro atoms. The number of fused-ring (bicyclic) bond motifs is 2. The van der Waals surface area contributed by atoms with Crippen molar-refractivity contribution in [1.82, 2.24) is 15.5 Å². The van der Waals surface area contributed by atoms with Gasteiger partial charge in [0.1, 0.15) is 18.4 Å². The Morgan fingerprint density at radius 3 is 3.08 bits per heavy atom. The Morgan fingerprint density at radius 2 is 2.20 bits per heavy atom. The number of aryl methyl sites for hydroxylation is 1. The number of ether oxygens (including phenoxy) is 1. The monoisotopic (exact) mass is 340 g/mol. The summed E-state index contributed by atoms with van der Waals surface area (Å²) in [6.07, 6.45) is 2.82. The molecule has 2 aromatic rings. The standard InChI is InChI=1S/C18H20N4O3/c1-10-6-7-12-11(8-10)16(22-21-12)18(24)20-14-9-25-15-5-3-2-4-13(15)19-17(14)23/h2-5,10,14H,6-9H2,1H3,(H,19,23)(H,20,24)(H,21,22)/t10?,14-/m0/s1. The van der Waals surface area contributed by atoms with Crippen molar-refractivity contribution in [2.75, 3.05) is 11.9 Å². The third-order valence-corrected chi connectivity index (χ3v) is 4.78. The molecule has 3 N–H and O–H groups in total. The summed E-state index contributed by atoms with van der Waals surface area (Å²) >= 11 is 0. The predicted octanol–water partition coefficient (Wildman–Crippen LogP) is 1.66. The van der Waals surface area contributed by atoms with Crippen molar-refractivity contribution in [3.8, 4) is 5.75 Å². The highest BCUT2D eigenvalue weighted by Gasteiger charge is 2.30. The quantitative estimate of drug-likeness (QED) is 0.775. The van der Waals surface area contributed by atoms with E-state index < -0.39 is 6.04 Å². The number of hydrogen-bond acceptors (Lipinski definition) is 4. The smallest absolute Gasteiger partial charge is 0.272 e. The minimum absolute atomic E-state index is 0.0810. The van der Waals surface area contributed by atoms with E-state index >= 15 is 0 Å². The Labute approximate surface area is 145 Å². The number of nitrogens with zero attached hydrogens (tertiary/aromatic N) is 1. The molecule has 2 amide bonds. The first kappa shape index (κ1) is 15.7. The van der Waals surface area contributed by atoms with Crippen LogP contribution in [0.15, 0.2) is 24.3 Å². The maximum absolute atomic E-state index is 12.7. The van der Waals surface area contributed by atoms with Gasteiger partial charge in [-0.3, -0.25) is 14.7 Å². The number of rotatable bonds is 2. The molecule has 1 aliphatic carbocycles. The number of para-hydroxylation sites is 2. The van der Waals surface area contributed by atoms with Crippen molar-refractivity contribution < 1.29 is 14.3 Å². The molecule has 7 nitrogen and oxygen atoms in total. The molecule has 2 heterocycles. The molecule has 0 bridgehead atoms. The Kier molecular flexibility index (Phi) is 3.91. The lowest BCUT2D eigenvalue weighted by atomic mass is 9.87. The Balaban J connectivity index is 1.50. The van der Waals surface area contributed by atoms with Gasteiger partial charge in [-0.2, -0.15) is 5.10 Å². The summed E-state index contributed by atoms with van der Waals surface area (Å²) in [7, 11) is 0. The zero-order valence-corrected chi connectivity index (χ0v) is 14.0. The van der Waals surface area contributed by atoms with Gasteiger partial charge in [0.2, 0.25) is 0 Å². The number of aromatic amines is 1. The summed E-state index contributed by atoms with van der Waals surface area (Å²) in [5.74, 6) is 0.478. The molecule has 4 rings (SSSR count). The predicted molar refractivity (Wildman–Crippen MR) is 91.6 cm³/mol. The molecule has 1 aliphatic heterocycles. The van der Waals surface area contributed by atoms with Gasteiger partial charge in [-0.15, -0.1) is 0 Å². The molecule has 25 heavy (non-hydrogen) atoms. The normalized spacial score (nSPS) is 22.0. The molecule has 2 aliphatic rings. The topological polar surface area (TPSA) is 96.1 Å². The van der Waals surface area contributed by atoms with Crippen LogP contribution in [-0.4, -0.2) is 34.7 Å². The zero-order chi connectivity index (χ0) is 17.4. The van der Waals surface area contributed by atoms with Gasteiger partial charge in [-0.1, -0.05) is 19.1 Å². The van der Waals surface area contributed by atoms with Crippen molar-refractivity contribution in [2.45, 2.75) is 32.2 Å². The number of benzene rings is 1. The van der Waals surface area contributed by atoms with Crippen LogP contribution in [0, 0.1) is 5.92 Å². The van der Waals surface area contributed by atoms with Crippen LogP contribution < -0.4 is 15.4 Å². The van der Waals surface area contributed by atoms with E-state index in [0.29, 0.717) is 23.0 Å². The average Bonchev–Trinajstić information content (AvgIpc) is 2.95. The molecule has 130 valence electrons. The SMILES string of the molecule is CC1CCc2[nH]nc(C(=O)N[C@H]3COc4ccccc4NC3=O)c2C1. The van der Waals surface area contributed by atoms with Gasteiger partial charge in [0, 0.05) is 11.3 Å². The fourth-order valence-electron chi connectivity index (χ4n) is 3.36. The molecule has 0 radical (unpaired) electrons. The van der Waals surface area contributed by atoms with Crippen LogP contribution in [-0.2, 0) is 17.6 Å². The second kappa shape index (κ2) is 6.23. The summed E-state index contributed by atoms with van der Waals surface area (Å²) in [5, 5.41) is 12.7.